The van der Waals surface area contributed by atoms with Crippen LogP contribution >= 0.6 is 15.9 Å². The Morgan fingerprint density at radius 3 is 1.18 bits per heavy atom. The fraction of sp³-hybridized carbons (Fsp3) is 0.919. The number of carbonyl (C=O) groups is 3. The monoisotopic (exact) mass is 688 g/mol. The van der Waals surface area contributed by atoms with Crippen LogP contribution in [0, 0.1) is 0 Å². The number of hydrogen-bond donors (Lipinski definition) is 1. The number of alkyl halides is 1. The normalized spacial score (nSPS) is 12.6. The van der Waals surface area contributed by atoms with Crippen LogP contribution in [0.4, 0.5) is 0 Å². The van der Waals surface area contributed by atoms with E-state index in [1.165, 1.54) is 128 Å². The minimum absolute atomic E-state index is 0.0480. The Bertz CT molecular complexity index is 670. The van der Waals surface area contributed by atoms with Gasteiger partial charge >= 0.3 is 11.9 Å². The molecule has 0 aliphatic rings. The number of unbranched alkanes of at least 4 members (excludes halogenated alkanes) is 24. The molecule has 0 aromatic rings. The molecule has 6 nitrogen and oxygen atoms in total. The highest BCUT2D eigenvalue weighted by molar-refractivity contribution is 9.09. The summed E-state index contributed by atoms with van der Waals surface area (Å²) in [4.78, 5) is 36.8. The first-order valence-electron chi connectivity index (χ1n) is 18.6. The maximum absolute atomic E-state index is 12.4. The van der Waals surface area contributed by atoms with E-state index in [0.29, 0.717) is 12.8 Å². The number of carbonyl (C=O) groups excluding carboxylic acids is 3. The van der Waals surface area contributed by atoms with E-state index in [1.54, 1.807) is 0 Å². The van der Waals surface area contributed by atoms with E-state index in [-0.39, 0.29) is 18.4 Å². The molecular weight excluding hydrogens is 620 g/mol. The molecule has 0 fully saturated rings. The van der Waals surface area contributed by atoms with E-state index in [0.717, 1.165) is 32.1 Å². The van der Waals surface area contributed by atoms with Crippen LogP contribution in [-0.4, -0.2) is 47.0 Å². The molecule has 1 N–H and O–H groups in total. The van der Waals surface area contributed by atoms with Gasteiger partial charge in [0.1, 0.15) is 12.7 Å². The van der Waals surface area contributed by atoms with Crippen molar-refractivity contribution in [3.05, 3.63) is 0 Å². The van der Waals surface area contributed by atoms with Crippen LogP contribution < -0.4 is 0 Å². The second-order valence-electron chi connectivity index (χ2n) is 12.7. The molecule has 0 rings (SSSR count). The van der Waals surface area contributed by atoms with Crippen molar-refractivity contribution >= 4 is 33.7 Å². The molecule has 0 bridgehead atoms. The zero-order chi connectivity index (χ0) is 32.5. The molecule has 44 heavy (non-hydrogen) atoms. The summed E-state index contributed by atoms with van der Waals surface area (Å²) in [5, 5.41) is 10.4. The summed E-state index contributed by atoms with van der Waals surface area (Å²) < 4.78 is 10.5. The van der Waals surface area contributed by atoms with Gasteiger partial charge in [-0.2, -0.15) is 0 Å². The molecule has 0 amide bonds. The van der Waals surface area contributed by atoms with Crippen molar-refractivity contribution in [2.24, 2.45) is 0 Å². The lowest BCUT2D eigenvalue weighted by molar-refractivity contribution is -0.166. The van der Waals surface area contributed by atoms with Crippen molar-refractivity contribution in [3.8, 4) is 0 Å². The number of halogens is 1. The molecule has 260 valence electrons. The molecule has 0 saturated heterocycles. The summed E-state index contributed by atoms with van der Waals surface area (Å²) in [7, 11) is 0. The predicted octanol–water partition coefficient (Wildman–Crippen LogP) is 10.7. The number of Topliss-reactive ketones (excluding diaryl/α,β-unsaturated/α-hetero) is 1. The minimum atomic E-state index is -1.37. The first-order chi connectivity index (χ1) is 21.5. The SMILES string of the molecule is CCCCCCCCCCCCCCCC(=O)OCC(O)C(OC(=O)CCCCCCCCCCCCCCC)C(=O)CBr. The molecule has 2 unspecified atom stereocenters. The molecule has 0 aromatic carbocycles. The van der Waals surface area contributed by atoms with Gasteiger partial charge in [-0.15, -0.1) is 0 Å². The lowest BCUT2D eigenvalue weighted by atomic mass is 10.0. The second-order valence-corrected chi connectivity index (χ2v) is 13.3. The van der Waals surface area contributed by atoms with Gasteiger partial charge < -0.3 is 14.6 Å². The summed E-state index contributed by atoms with van der Waals surface area (Å²) in [5.41, 5.74) is 0. The van der Waals surface area contributed by atoms with Crippen molar-refractivity contribution in [1.82, 2.24) is 0 Å². The van der Waals surface area contributed by atoms with Gasteiger partial charge in [0.25, 0.3) is 0 Å². The van der Waals surface area contributed by atoms with Crippen molar-refractivity contribution in [1.29, 1.82) is 0 Å². The van der Waals surface area contributed by atoms with E-state index in [1.807, 2.05) is 0 Å². The number of aliphatic hydroxyl groups excluding tert-OH is 1. The highest BCUT2D eigenvalue weighted by atomic mass is 79.9. The predicted molar refractivity (Wildman–Crippen MR) is 186 cm³/mol. The zero-order valence-corrected chi connectivity index (χ0v) is 30.3. The van der Waals surface area contributed by atoms with Gasteiger partial charge in [0, 0.05) is 12.8 Å². The largest absolute Gasteiger partial charge is 0.463 e. The zero-order valence-electron chi connectivity index (χ0n) is 28.7. The van der Waals surface area contributed by atoms with Crippen molar-refractivity contribution in [2.75, 3.05) is 11.9 Å². The molecule has 0 heterocycles. The number of rotatable bonds is 34. The van der Waals surface area contributed by atoms with E-state index >= 15 is 0 Å². The molecule has 0 saturated carbocycles. The summed E-state index contributed by atoms with van der Waals surface area (Å²) in [6.07, 6.45) is 29.7. The summed E-state index contributed by atoms with van der Waals surface area (Å²) in [5.74, 6) is -1.33. The highest BCUT2D eigenvalue weighted by Crippen LogP contribution is 2.15. The molecule has 0 aliphatic heterocycles. The van der Waals surface area contributed by atoms with E-state index in [2.05, 4.69) is 29.8 Å². The Morgan fingerprint density at radius 1 is 0.523 bits per heavy atom. The molecule has 0 radical (unpaired) electrons. The van der Waals surface area contributed by atoms with E-state index < -0.39 is 29.9 Å². The maximum Gasteiger partial charge on any atom is 0.306 e. The van der Waals surface area contributed by atoms with E-state index in [4.69, 9.17) is 9.47 Å². The fourth-order valence-electron chi connectivity index (χ4n) is 5.55. The van der Waals surface area contributed by atoms with Crippen molar-refractivity contribution in [3.63, 3.8) is 0 Å². The van der Waals surface area contributed by atoms with Crippen LogP contribution in [0.1, 0.15) is 194 Å². The second kappa shape index (κ2) is 33.4. The number of ether oxygens (including phenoxy) is 2. The number of ketones is 1. The summed E-state index contributed by atoms with van der Waals surface area (Å²) in [6, 6.07) is 0. The van der Waals surface area contributed by atoms with Gasteiger partial charge in [-0.05, 0) is 12.8 Å². The maximum atomic E-state index is 12.4. The molecule has 7 heteroatoms. The standard InChI is InChI=1S/C37H69BrO6/c1-3-5-7-9-11-13-15-17-19-21-23-25-27-29-35(41)43-32-34(40)37(33(39)31-38)44-36(42)30-28-26-24-22-20-18-16-14-12-10-8-6-4-2/h34,37,40H,3-32H2,1-2H3. The van der Waals surface area contributed by atoms with Crippen molar-refractivity contribution < 1.29 is 29.0 Å². The lowest BCUT2D eigenvalue weighted by Gasteiger charge is -2.21. The Balaban J connectivity index is 3.89. The Kier molecular flexibility index (Phi) is 32.7. The van der Waals surface area contributed by atoms with Crippen LogP contribution in [0.25, 0.3) is 0 Å². The minimum Gasteiger partial charge on any atom is -0.463 e. The molecule has 2 atom stereocenters. The van der Waals surface area contributed by atoms with Crippen LogP contribution in [0.3, 0.4) is 0 Å². The third kappa shape index (κ3) is 28.5. The van der Waals surface area contributed by atoms with E-state index in [9.17, 15) is 19.5 Å². The van der Waals surface area contributed by atoms with Gasteiger partial charge in [-0.1, -0.05) is 184 Å². The van der Waals surface area contributed by atoms with Crippen LogP contribution in [0.15, 0.2) is 0 Å². The number of esters is 2. The van der Waals surface area contributed by atoms with Crippen LogP contribution in [-0.2, 0) is 23.9 Å². The molecule has 0 aliphatic carbocycles. The van der Waals surface area contributed by atoms with Gasteiger partial charge in [-0.3, -0.25) is 14.4 Å². The van der Waals surface area contributed by atoms with Crippen LogP contribution in [0.5, 0.6) is 0 Å². The third-order valence-corrected chi connectivity index (χ3v) is 8.99. The fourth-order valence-corrected chi connectivity index (χ4v) is 5.87. The Labute approximate surface area is 279 Å². The highest BCUT2D eigenvalue weighted by Gasteiger charge is 2.30. The van der Waals surface area contributed by atoms with Gasteiger partial charge in [0.2, 0.25) is 0 Å². The Morgan fingerprint density at radius 2 is 0.841 bits per heavy atom. The average Bonchev–Trinajstić information content (AvgIpc) is 3.02. The van der Waals surface area contributed by atoms with Gasteiger partial charge in [0.15, 0.2) is 11.9 Å². The first kappa shape index (κ1) is 43.0. The lowest BCUT2D eigenvalue weighted by Crippen LogP contribution is -2.42. The number of aliphatic hydroxyl groups is 1. The smallest absolute Gasteiger partial charge is 0.306 e. The summed E-state index contributed by atoms with van der Waals surface area (Å²) in [6.45, 7) is 4.14. The Hall–Kier alpha value is -0.950. The van der Waals surface area contributed by atoms with Crippen molar-refractivity contribution in [2.45, 2.75) is 206 Å². The number of hydrogen-bond acceptors (Lipinski definition) is 6. The first-order valence-corrected chi connectivity index (χ1v) is 19.7. The molecule has 0 spiro atoms. The van der Waals surface area contributed by atoms with Gasteiger partial charge in [-0.25, -0.2) is 0 Å². The molecule has 0 aromatic heterocycles. The average molecular weight is 690 g/mol. The summed E-state index contributed by atoms with van der Waals surface area (Å²) >= 11 is 3.09. The third-order valence-electron chi connectivity index (χ3n) is 8.44. The topological polar surface area (TPSA) is 89.9 Å². The van der Waals surface area contributed by atoms with Crippen LogP contribution in [0.2, 0.25) is 0 Å². The molecular formula is C37H69BrO6. The quantitative estimate of drug-likeness (QED) is 0.0411. The van der Waals surface area contributed by atoms with Gasteiger partial charge in [0.05, 0.1) is 5.33 Å².